The van der Waals surface area contributed by atoms with E-state index in [2.05, 4.69) is 0 Å². The van der Waals surface area contributed by atoms with Crippen LogP contribution in [0.1, 0.15) is 0 Å². The molecule has 0 aliphatic heterocycles. The topological polar surface area (TPSA) is 103 Å². The molecule has 0 unspecified atom stereocenters. The van der Waals surface area contributed by atoms with Crippen molar-refractivity contribution in [1.29, 1.82) is 0 Å². The number of hydrogen-bond donors (Lipinski definition) is 1. The van der Waals surface area contributed by atoms with Gasteiger partial charge in [0.2, 0.25) is 9.84 Å². The minimum absolute atomic E-state index is 0.0190. The summed E-state index contributed by atoms with van der Waals surface area (Å²) in [5, 5.41) is 10.7. The number of anilines is 1. The van der Waals surface area contributed by atoms with E-state index in [0.717, 1.165) is 6.07 Å². The van der Waals surface area contributed by atoms with Gasteiger partial charge in [0, 0.05) is 12.1 Å². The van der Waals surface area contributed by atoms with E-state index in [-0.39, 0.29) is 21.2 Å². The molecule has 0 saturated carbocycles. The molecule has 0 spiro atoms. The van der Waals surface area contributed by atoms with E-state index in [1.807, 2.05) is 0 Å². The first kappa shape index (κ1) is 13.0. The highest BCUT2D eigenvalue weighted by atomic mass is 32.2. The first-order valence-electron chi connectivity index (χ1n) is 5.27. The van der Waals surface area contributed by atoms with Crippen LogP contribution in [-0.2, 0) is 9.84 Å². The lowest BCUT2D eigenvalue weighted by molar-refractivity contribution is -0.385. The van der Waals surface area contributed by atoms with Crippen molar-refractivity contribution in [2.75, 3.05) is 5.73 Å². The van der Waals surface area contributed by atoms with E-state index < -0.39 is 14.8 Å². The minimum Gasteiger partial charge on any atom is -0.398 e. The summed E-state index contributed by atoms with van der Waals surface area (Å²) < 4.78 is 24.7. The molecule has 2 rings (SSSR count). The maximum Gasteiger partial charge on any atom is 0.270 e. The normalized spacial score (nSPS) is 11.2. The Kier molecular flexibility index (Phi) is 3.22. The Labute approximate surface area is 109 Å². The molecule has 0 bridgehead atoms. The molecule has 2 aromatic rings. The van der Waals surface area contributed by atoms with E-state index in [1.165, 1.54) is 24.3 Å². The summed E-state index contributed by atoms with van der Waals surface area (Å²) >= 11 is 0. The molecule has 2 N–H and O–H groups in total. The average Bonchev–Trinajstić information content (AvgIpc) is 2.39. The van der Waals surface area contributed by atoms with Crippen molar-refractivity contribution in [1.82, 2.24) is 0 Å². The Bertz CT molecular complexity index is 727. The van der Waals surface area contributed by atoms with Gasteiger partial charge >= 0.3 is 0 Å². The largest absolute Gasteiger partial charge is 0.398 e. The number of sulfone groups is 1. The van der Waals surface area contributed by atoms with E-state index >= 15 is 0 Å². The van der Waals surface area contributed by atoms with Gasteiger partial charge < -0.3 is 5.73 Å². The molecule has 0 heterocycles. The fraction of sp³-hybridized carbons (Fsp3) is 0. The van der Waals surface area contributed by atoms with Crippen molar-refractivity contribution < 1.29 is 13.3 Å². The van der Waals surface area contributed by atoms with Crippen LogP contribution in [0.2, 0.25) is 0 Å². The fourth-order valence-corrected chi connectivity index (χ4v) is 3.02. The van der Waals surface area contributed by atoms with E-state index in [4.69, 9.17) is 5.73 Å². The van der Waals surface area contributed by atoms with Crippen molar-refractivity contribution in [2.45, 2.75) is 9.79 Å². The number of non-ortho nitro benzene ring substituents is 1. The molecule has 19 heavy (non-hydrogen) atoms. The van der Waals surface area contributed by atoms with Crippen molar-refractivity contribution in [3.05, 3.63) is 58.6 Å². The summed E-state index contributed by atoms with van der Waals surface area (Å²) in [6, 6.07) is 11.0. The summed E-state index contributed by atoms with van der Waals surface area (Å²) in [6.07, 6.45) is 0. The molecule has 2 aromatic carbocycles. The van der Waals surface area contributed by atoms with Crippen LogP contribution in [0.5, 0.6) is 0 Å². The van der Waals surface area contributed by atoms with Crippen LogP contribution in [0.25, 0.3) is 0 Å². The van der Waals surface area contributed by atoms with Gasteiger partial charge in [0.15, 0.2) is 0 Å². The zero-order valence-corrected chi connectivity index (χ0v) is 10.5. The lowest BCUT2D eigenvalue weighted by Gasteiger charge is -2.07. The molecule has 0 fully saturated rings. The minimum atomic E-state index is -3.86. The van der Waals surface area contributed by atoms with Crippen LogP contribution < -0.4 is 5.73 Å². The molecule has 0 radical (unpaired) electrons. The molecule has 7 heteroatoms. The van der Waals surface area contributed by atoms with E-state index in [0.29, 0.717) is 0 Å². The zero-order chi connectivity index (χ0) is 14.0. The fourth-order valence-electron chi connectivity index (χ4n) is 1.60. The third-order valence-electron chi connectivity index (χ3n) is 2.55. The first-order chi connectivity index (χ1) is 8.93. The molecule has 0 aromatic heterocycles. The summed E-state index contributed by atoms with van der Waals surface area (Å²) in [5.41, 5.74) is 5.28. The number of nitro groups is 1. The van der Waals surface area contributed by atoms with Gasteiger partial charge in [-0.15, -0.1) is 0 Å². The number of benzene rings is 2. The molecule has 0 saturated heterocycles. The Morgan fingerprint density at radius 2 is 1.68 bits per heavy atom. The molecular weight excluding hydrogens is 268 g/mol. The van der Waals surface area contributed by atoms with Gasteiger partial charge in [-0.1, -0.05) is 18.2 Å². The van der Waals surface area contributed by atoms with Crippen molar-refractivity contribution in [3.8, 4) is 0 Å². The second-order valence-corrected chi connectivity index (χ2v) is 5.71. The van der Waals surface area contributed by atoms with Crippen LogP contribution in [0, 0.1) is 10.1 Å². The van der Waals surface area contributed by atoms with Gasteiger partial charge in [-0.2, -0.15) is 0 Å². The van der Waals surface area contributed by atoms with Gasteiger partial charge in [0.1, 0.15) is 4.90 Å². The smallest absolute Gasteiger partial charge is 0.270 e. The van der Waals surface area contributed by atoms with E-state index in [9.17, 15) is 18.5 Å². The molecule has 0 atom stereocenters. The third-order valence-corrected chi connectivity index (χ3v) is 4.38. The number of nitrogens with two attached hydrogens (primary N) is 1. The zero-order valence-electron chi connectivity index (χ0n) is 9.68. The number of rotatable bonds is 3. The number of hydrogen-bond acceptors (Lipinski definition) is 5. The van der Waals surface area contributed by atoms with Gasteiger partial charge in [0.25, 0.3) is 5.69 Å². The number of nitro benzene ring substituents is 1. The summed E-state index contributed by atoms with van der Waals surface area (Å²) in [7, 11) is -3.86. The SMILES string of the molecule is Nc1ccc([N+](=O)[O-])cc1S(=O)(=O)c1ccccc1. The van der Waals surface area contributed by atoms with Gasteiger partial charge in [-0.25, -0.2) is 8.42 Å². The highest BCUT2D eigenvalue weighted by Crippen LogP contribution is 2.29. The monoisotopic (exact) mass is 278 g/mol. The van der Waals surface area contributed by atoms with Crippen LogP contribution in [0.4, 0.5) is 11.4 Å². The van der Waals surface area contributed by atoms with Crippen LogP contribution in [0.3, 0.4) is 0 Å². The predicted molar refractivity (Wildman–Crippen MR) is 69.4 cm³/mol. The quantitative estimate of drug-likeness (QED) is 0.525. The Morgan fingerprint density at radius 3 is 2.26 bits per heavy atom. The molecule has 0 aliphatic carbocycles. The van der Waals surface area contributed by atoms with Crippen LogP contribution in [-0.4, -0.2) is 13.3 Å². The van der Waals surface area contributed by atoms with Gasteiger partial charge in [-0.05, 0) is 18.2 Å². The third kappa shape index (κ3) is 2.41. The lowest BCUT2D eigenvalue weighted by atomic mass is 10.3. The Balaban J connectivity index is 2.65. The standard InChI is InChI=1S/C12H10N2O4S/c13-11-7-6-9(14(15)16)8-12(11)19(17,18)10-4-2-1-3-5-10/h1-8H,13H2. The Morgan fingerprint density at radius 1 is 1.05 bits per heavy atom. The van der Waals surface area contributed by atoms with Crippen molar-refractivity contribution in [3.63, 3.8) is 0 Å². The van der Waals surface area contributed by atoms with Crippen LogP contribution in [0.15, 0.2) is 58.3 Å². The summed E-state index contributed by atoms with van der Waals surface area (Å²) in [4.78, 5) is 9.82. The summed E-state index contributed by atoms with van der Waals surface area (Å²) in [6.45, 7) is 0. The first-order valence-corrected chi connectivity index (χ1v) is 6.75. The lowest BCUT2D eigenvalue weighted by Crippen LogP contribution is -2.06. The second-order valence-electron chi connectivity index (χ2n) is 3.80. The Hall–Kier alpha value is -2.41. The number of nitrogens with zero attached hydrogens (tertiary/aromatic N) is 1. The van der Waals surface area contributed by atoms with Gasteiger partial charge in [-0.3, -0.25) is 10.1 Å². The molecule has 0 aliphatic rings. The molecular formula is C12H10N2O4S. The van der Waals surface area contributed by atoms with Crippen LogP contribution >= 0.6 is 0 Å². The molecule has 98 valence electrons. The molecule has 6 nitrogen and oxygen atoms in total. The van der Waals surface area contributed by atoms with Crippen molar-refractivity contribution in [2.24, 2.45) is 0 Å². The highest BCUT2D eigenvalue weighted by molar-refractivity contribution is 7.91. The van der Waals surface area contributed by atoms with E-state index in [1.54, 1.807) is 18.2 Å². The number of nitrogen functional groups attached to an aromatic ring is 1. The predicted octanol–water partition coefficient (Wildman–Crippen LogP) is 2.01. The van der Waals surface area contributed by atoms with Gasteiger partial charge in [0.05, 0.1) is 15.5 Å². The average molecular weight is 278 g/mol. The summed E-state index contributed by atoms with van der Waals surface area (Å²) in [5.74, 6) is 0. The van der Waals surface area contributed by atoms with Crippen molar-refractivity contribution >= 4 is 21.2 Å². The maximum atomic E-state index is 12.3. The maximum absolute atomic E-state index is 12.3. The molecule has 0 amide bonds. The highest BCUT2D eigenvalue weighted by Gasteiger charge is 2.22. The second kappa shape index (κ2) is 4.69.